The summed E-state index contributed by atoms with van der Waals surface area (Å²) in [7, 11) is 0. The van der Waals surface area contributed by atoms with Gasteiger partial charge in [0, 0.05) is 44.1 Å². The van der Waals surface area contributed by atoms with E-state index in [1.807, 2.05) is 42.5 Å². The van der Waals surface area contributed by atoms with Crippen LogP contribution in [0.25, 0.3) is 11.3 Å². The molecule has 4 rings (SSSR count). The van der Waals surface area contributed by atoms with E-state index in [-0.39, 0.29) is 6.03 Å². The minimum absolute atomic E-state index is 0.110. The number of amides is 2. The van der Waals surface area contributed by atoms with E-state index >= 15 is 0 Å². The molecule has 27 heavy (non-hydrogen) atoms. The van der Waals surface area contributed by atoms with Crippen LogP contribution in [0.5, 0.6) is 0 Å². The monoisotopic (exact) mass is 360 g/mol. The molecule has 1 N–H and O–H groups in total. The Labute approximate surface area is 157 Å². The number of hydrogen-bond acceptors (Lipinski definition) is 5. The molecule has 136 valence electrons. The predicted octanol–water partition coefficient (Wildman–Crippen LogP) is 2.89. The van der Waals surface area contributed by atoms with Crippen LogP contribution in [0.15, 0.2) is 67.1 Å². The summed E-state index contributed by atoms with van der Waals surface area (Å²) in [6.07, 6.45) is 5.10. The molecule has 7 nitrogen and oxygen atoms in total. The number of aromatic nitrogens is 3. The number of pyridine rings is 1. The molecule has 2 aromatic heterocycles. The first-order chi connectivity index (χ1) is 13.3. The van der Waals surface area contributed by atoms with E-state index in [0.717, 1.165) is 11.3 Å². The van der Waals surface area contributed by atoms with Crippen molar-refractivity contribution in [1.29, 1.82) is 0 Å². The Morgan fingerprint density at radius 2 is 1.74 bits per heavy atom. The first-order valence-electron chi connectivity index (χ1n) is 8.89. The smallest absolute Gasteiger partial charge is 0.322 e. The number of hydrogen-bond donors (Lipinski definition) is 1. The van der Waals surface area contributed by atoms with Gasteiger partial charge in [-0.25, -0.2) is 14.8 Å². The number of nitrogens with zero attached hydrogens (tertiary/aromatic N) is 5. The number of benzene rings is 1. The second kappa shape index (κ2) is 7.82. The van der Waals surface area contributed by atoms with Crippen molar-refractivity contribution in [3.8, 4) is 11.3 Å². The van der Waals surface area contributed by atoms with E-state index in [0.29, 0.717) is 37.8 Å². The van der Waals surface area contributed by atoms with Crippen molar-refractivity contribution < 1.29 is 4.79 Å². The highest BCUT2D eigenvalue weighted by atomic mass is 16.2. The number of piperazine rings is 1. The van der Waals surface area contributed by atoms with Crippen LogP contribution >= 0.6 is 0 Å². The number of nitrogens with one attached hydrogen (secondary N) is 1. The fourth-order valence-electron chi connectivity index (χ4n) is 3.02. The summed E-state index contributed by atoms with van der Waals surface area (Å²) in [6, 6.07) is 15.5. The SMILES string of the molecule is O=C(Nc1cccnc1)N1CCN(c2nccc(-c3ccccc3)n2)CC1. The minimum atomic E-state index is -0.110. The zero-order chi connectivity index (χ0) is 18.5. The number of urea groups is 1. The van der Waals surface area contributed by atoms with Crippen molar-refractivity contribution >= 4 is 17.7 Å². The highest BCUT2D eigenvalue weighted by Crippen LogP contribution is 2.19. The molecule has 3 heterocycles. The second-order valence-electron chi connectivity index (χ2n) is 6.25. The van der Waals surface area contributed by atoms with Crippen LogP contribution in [-0.4, -0.2) is 52.1 Å². The normalized spacial score (nSPS) is 14.1. The third-order valence-corrected chi connectivity index (χ3v) is 4.47. The van der Waals surface area contributed by atoms with Crippen LogP contribution in [0.3, 0.4) is 0 Å². The summed E-state index contributed by atoms with van der Waals surface area (Å²) in [5.41, 5.74) is 2.66. The van der Waals surface area contributed by atoms with Crippen LogP contribution in [0.4, 0.5) is 16.4 Å². The Kier molecular flexibility index (Phi) is 4.91. The van der Waals surface area contributed by atoms with Gasteiger partial charge in [-0.3, -0.25) is 4.98 Å². The Morgan fingerprint density at radius 3 is 2.48 bits per heavy atom. The molecule has 0 radical (unpaired) electrons. The average molecular weight is 360 g/mol. The number of carbonyl (C=O) groups excluding carboxylic acids is 1. The maximum absolute atomic E-state index is 12.4. The Morgan fingerprint density at radius 1 is 0.926 bits per heavy atom. The molecule has 2 amide bonds. The Bertz CT molecular complexity index is 895. The van der Waals surface area contributed by atoms with Gasteiger partial charge >= 0.3 is 6.03 Å². The van der Waals surface area contributed by atoms with Gasteiger partial charge < -0.3 is 15.1 Å². The molecule has 1 aliphatic rings. The van der Waals surface area contributed by atoms with Crippen LogP contribution < -0.4 is 10.2 Å². The summed E-state index contributed by atoms with van der Waals surface area (Å²) < 4.78 is 0. The van der Waals surface area contributed by atoms with Crippen molar-refractivity contribution in [2.45, 2.75) is 0 Å². The third kappa shape index (κ3) is 4.03. The van der Waals surface area contributed by atoms with Gasteiger partial charge in [0.15, 0.2) is 0 Å². The molecule has 7 heteroatoms. The van der Waals surface area contributed by atoms with Gasteiger partial charge in [-0.05, 0) is 18.2 Å². The van der Waals surface area contributed by atoms with Gasteiger partial charge in [-0.1, -0.05) is 30.3 Å². The highest BCUT2D eigenvalue weighted by molar-refractivity contribution is 5.89. The van der Waals surface area contributed by atoms with Crippen molar-refractivity contribution in [3.05, 3.63) is 67.1 Å². The lowest BCUT2D eigenvalue weighted by Crippen LogP contribution is -2.50. The van der Waals surface area contributed by atoms with E-state index < -0.39 is 0 Å². The van der Waals surface area contributed by atoms with Gasteiger partial charge in [0.1, 0.15) is 0 Å². The zero-order valence-corrected chi connectivity index (χ0v) is 14.8. The molecular formula is C20H20N6O. The van der Waals surface area contributed by atoms with Gasteiger partial charge in [-0.15, -0.1) is 0 Å². The summed E-state index contributed by atoms with van der Waals surface area (Å²) in [6.45, 7) is 2.62. The molecule has 0 aliphatic carbocycles. The van der Waals surface area contributed by atoms with Crippen molar-refractivity contribution in [2.24, 2.45) is 0 Å². The number of rotatable bonds is 3. The van der Waals surface area contributed by atoms with E-state index in [2.05, 4.69) is 20.2 Å². The summed E-state index contributed by atoms with van der Waals surface area (Å²) in [5.74, 6) is 0.698. The minimum Gasteiger partial charge on any atom is -0.337 e. The van der Waals surface area contributed by atoms with Gasteiger partial charge in [0.25, 0.3) is 0 Å². The lowest BCUT2D eigenvalue weighted by molar-refractivity contribution is 0.208. The molecule has 0 unspecified atom stereocenters. The summed E-state index contributed by atoms with van der Waals surface area (Å²) in [4.78, 5) is 29.4. The number of anilines is 2. The standard InChI is InChI=1S/C20H20N6O/c27-20(23-17-7-4-9-21-15-17)26-13-11-25(12-14-26)19-22-10-8-18(24-19)16-5-2-1-3-6-16/h1-10,15H,11-14H2,(H,23,27). The summed E-state index contributed by atoms with van der Waals surface area (Å²) >= 11 is 0. The molecule has 0 atom stereocenters. The topological polar surface area (TPSA) is 74.2 Å². The van der Waals surface area contributed by atoms with Crippen molar-refractivity contribution in [2.75, 3.05) is 36.4 Å². The van der Waals surface area contributed by atoms with Crippen molar-refractivity contribution in [3.63, 3.8) is 0 Å². The average Bonchev–Trinajstić information content (AvgIpc) is 2.75. The molecular weight excluding hydrogens is 340 g/mol. The molecule has 0 bridgehead atoms. The fourth-order valence-corrected chi connectivity index (χ4v) is 3.02. The van der Waals surface area contributed by atoms with E-state index in [1.54, 1.807) is 29.6 Å². The maximum Gasteiger partial charge on any atom is 0.322 e. The van der Waals surface area contributed by atoms with Crippen LogP contribution in [-0.2, 0) is 0 Å². The third-order valence-electron chi connectivity index (χ3n) is 4.47. The molecule has 0 spiro atoms. The first kappa shape index (κ1) is 17.0. The van der Waals surface area contributed by atoms with Gasteiger partial charge in [-0.2, -0.15) is 0 Å². The lowest BCUT2D eigenvalue weighted by atomic mass is 10.1. The Balaban J connectivity index is 1.39. The molecule has 1 aliphatic heterocycles. The molecule has 1 fully saturated rings. The maximum atomic E-state index is 12.4. The van der Waals surface area contributed by atoms with Crippen LogP contribution in [0.2, 0.25) is 0 Å². The van der Waals surface area contributed by atoms with Gasteiger partial charge in [0.05, 0.1) is 17.6 Å². The predicted molar refractivity (Wildman–Crippen MR) is 105 cm³/mol. The molecule has 0 saturated carbocycles. The van der Waals surface area contributed by atoms with Gasteiger partial charge in [0.2, 0.25) is 5.95 Å². The quantitative estimate of drug-likeness (QED) is 0.777. The number of carbonyl (C=O) groups is 1. The molecule has 1 saturated heterocycles. The summed E-state index contributed by atoms with van der Waals surface area (Å²) in [5, 5.41) is 2.87. The fraction of sp³-hybridized carbons (Fsp3) is 0.200. The van der Waals surface area contributed by atoms with E-state index in [1.165, 1.54) is 0 Å². The first-order valence-corrected chi connectivity index (χ1v) is 8.89. The second-order valence-corrected chi connectivity index (χ2v) is 6.25. The van der Waals surface area contributed by atoms with Crippen LogP contribution in [0, 0.1) is 0 Å². The molecule has 1 aromatic carbocycles. The van der Waals surface area contributed by atoms with Crippen molar-refractivity contribution in [1.82, 2.24) is 19.9 Å². The zero-order valence-electron chi connectivity index (χ0n) is 14.8. The van der Waals surface area contributed by atoms with E-state index in [9.17, 15) is 4.79 Å². The molecule has 3 aromatic rings. The van der Waals surface area contributed by atoms with Crippen LogP contribution in [0.1, 0.15) is 0 Å². The lowest BCUT2D eigenvalue weighted by Gasteiger charge is -2.34. The largest absolute Gasteiger partial charge is 0.337 e. The Hall–Kier alpha value is -3.48. The van der Waals surface area contributed by atoms with E-state index in [4.69, 9.17) is 4.98 Å². The highest BCUT2D eigenvalue weighted by Gasteiger charge is 2.23.